The minimum atomic E-state index is -0.272. The fourth-order valence-corrected chi connectivity index (χ4v) is 2.45. The Morgan fingerprint density at radius 2 is 2.05 bits per heavy atom. The van der Waals surface area contributed by atoms with Crippen LogP contribution in [0.1, 0.15) is 16.8 Å². The molecule has 3 nitrogen and oxygen atoms in total. The van der Waals surface area contributed by atoms with Gasteiger partial charge in [0.25, 0.3) is 0 Å². The van der Waals surface area contributed by atoms with Gasteiger partial charge < -0.3 is 9.88 Å². The SMILES string of the molecule is O=C(Cc1ccc(F)cc1)N1CCc2[nH]ccc2C1. The second-order valence-corrected chi connectivity index (χ2v) is 4.85. The number of carbonyl (C=O) groups is 1. The lowest BCUT2D eigenvalue weighted by atomic mass is 10.1. The zero-order valence-electron chi connectivity index (χ0n) is 10.5. The normalized spacial score (nSPS) is 14.3. The van der Waals surface area contributed by atoms with E-state index in [0.29, 0.717) is 13.0 Å². The number of benzene rings is 1. The molecule has 3 rings (SSSR count). The van der Waals surface area contributed by atoms with Crippen LogP contribution in [-0.2, 0) is 24.2 Å². The predicted octanol–water partition coefficient (Wildman–Crippen LogP) is 2.28. The number of nitrogens with one attached hydrogen (secondary N) is 1. The summed E-state index contributed by atoms with van der Waals surface area (Å²) in [4.78, 5) is 17.3. The van der Waals surface area contributed by atoms with Gasteiger partial charge in [0.1, 0.15) is 5.82 Å². The molecule has 0 saturated heterocycles. The van der Waals surface area contributed by atoms with Crippen molar-refractivity contribution in [3.05, 3.63) is 59.2 Å². The van der Waals surface area contributed by atoms with Crippen LogP contribution in [0.3, 0.4) is 0 Å². The van der Waals surface area contributed by atoms with Crippen LogP contribution in [0.25, 0.3) is 0 Å². The van der Waals surface area contributed by atoms with Gasteiger partial charge in [0.05, 0.1) is 6.42 Å². The van der Waals surface area contributed by atoms with Crippen LogP contribution in [0.4, 0.5) is 4.39 Å². The molecule has 0 saturated carbocycles. The van der Waals surface area contributed by atoms with E-state index in [4.69, 9.17) is 0 Å². The molecule has 0 spiro atoms. The third-order valence-corrected chi connectivity index (χ3v) is 3.54. The second kappa shape index (κ2) is 4.88. The van der Waals surface area contributed by atoms with E-state index in [0.717, 1.165) is 18.5 Å². The third kappa shape index (κ3) is 2.52. The number of hydrogen-bond donors (Lipinski definition) is 1. The highest BCUT2D eigenvalue weighted by molar-refractivity contribution is 5.79. The van der Waals surface area contributed by atoms with Crippen molar-refractivity contribution in [3.63, 3.8) is 0 Å². The molecule has 1 aromatic carbocycles. The van der Waals surface area contributed by atoms with Crippen molar-refractivity contribution in [2.75, 3.05) is 6.54 Å². The largest absolute Gasteiger partial charge is 0.365 e. The van der Waals surface area contributed by atoms with Gasteiger partial charge in [-0.1, -0.05) is 12.1 Å². The van der Waals surface area contributed by atoms with Crippen molar-refractivity contribution in [2.45, 2.75) is 19.4 Å². The van der Waals surface area contributed by atoms with Gasteiger partial charge in [0, 0.05) is 31.4 Å². The van der Waals surface area contributed by atoms with Gasteiger partial charge >= 0.3 is 0 Å². The van der Waals surface area contributed by atoms with Crippen molar-refractivity contribution in [2.24, 2.45) is 0 Å². The van der Waals surface area contributed by atoms with E-state index in [2.05, 4.69) is 4.98 Å². The maximum atomic E-state index is 12.8. The molecule has 0 unspecified atom stereocenters. The van der Waals surface area contributed by atoms with Crippen molar-refractivity contribution in [1.29, 1.82) is 0 Å². The van der Waals surface area contributed by atoms with Gasteiger partial charge in [-0.3, -0.25) is 4.79 Å². The van der Waals surface area contributed by atoms with Crippen molar-refractivity contribution >= 4 is 5.91 Å². The van der Waals surface area contributed by atoms with Crippen LogP contribution in [0, 0.1) is 5.82 Å². The number of amides is 1. The Morgan fingerprint density at radius 1 is 1.26 bits per heavy atom. The first-order valence-corrected chi connectivity index (χ1v) is 6.40. The summed E-state index contributed by atoms with van der Waals surface area (Å²) in [7, 11) is 0. The van der Waals surface area contributed by atoms with Crippen molar-refractivity contribution in [1.82, 2.24) is 9.88 Å². The monoisotopic (exact) mass is 258 g/mol. The topological polar surface area (TPSA) is 36.1 Å². The van der Waals surface area contributed by atoms with Gasteiger partial charge in [0.2, 0.25) is 5.91 Å². The van der Waals surface area contributed by atoms with Gasteiger partial charge in [-0.25, -0.2) is 4.39 Å². The number of hydrogen-bond acceptors (Lipinski definition) is 1. The number of aromatic amines is 1. The summed E-state index contributed by atoms with van der Waals surface area (Å²) in [6.07, 6.45) is 3.12. The van der Waals surface area contributed by atoms with E-state index in [1.165, 1.54) is 23.4 Å². The zero-order chi connectivity index (χ0) is 13.2. The quantitative estimate of drug-likeness (QED) is 0.881. The number of halogens is 1. The average molecular weight is 258 g/mol. The van der Waals surface area contributed by atoms with E-state index in [1.54, 1.807) is 12.1 Å². The lowest BCUT2D eigenvalue weighted by Crippen LogP contribution is -2.36. The first kappa shape index (κ1) is 12.0. The smallest absolute Gasteiger partial charge is 0.227 e. The van der Waals surface area contributed by atoms with Crippen LogP contribution >= 0.6 is 0 Å². The Hall–Kier alpha value is -2.10. The Morgan fingerprint density at radius 3 is 2.84 bits per heavy atom. The second-order valence-electron chi connectivity index (χ2n) is 4.85. The first-order chi connectivity index (χ1) is 9.22. The number of H-pyrrole nitrogens is 1. The average Bonchev–Trinajstić information content (AvgIpc) is 2.88. The summed E-state index contributed by atoms with van der Waals surface area (Å²) in [5, 5.41) is 0. The van der Waals surface area contributed by atoms with Gasteiger partial charge in [-0.05, 0) is 29.3 Å². The zero-order valence-corrected chi connectivity index (χ0v) is 10.5. The Labute approximate surface area is 111 Å². The van der Waals surface area contributed by atoms with E-state index in [-0.39, 0.29) is 11.7 Å². The molecule has 0 aliphatic carbocycles. The molecular formula is C15H15FN2O. The molecule has 0 fully saturated rings. The highest BCUT2D eigenvalue weighted by Gasteiger charge is 2.21. The third-order valence-electron chi connectivity index (χ3n) is 3.54. The molecule has 0 radical (unpaired) electrons. The lowest BCUT2D eigenvalue weighted by Gasteiger charge is -2.27. The van der Waals surface area contributed by atoms with Crippen LogP contribution < -0.4 is 0 Å². The molecule has 2 heterocycles. The molecule has 98 valence electrons. The number of nitrogens with zero attached hydrogens (tertiary/aromatic N) is 1. The van der Waals surface area contributed by atoms with E-state index in [9.17, 15) is 9.18 Å². The Balaban J connectivity index is 1.67. The van der Waals surface area contributed by atoms with Crippen molar-refractivity contribution < 1.29 is 9.18 Å². The minimum absolute atomic E-state index is 0.0958. The number of rotatable bonds is 2. The first-order valence-electron chi connectivity index (χ1n) is 6.40. The van der Waals surface area contributed by atoms with E-state index < -0.39 is 0 Å². The molecule has 1 N–H and O–H groups in total. The lowest BCUT2D eigenvalue weighted by molar-refractivity contribution is -0.131. The summed E-state index contributed by atoms with van der Waals surface area (Å²) in [5.41, 5.74) is 3.27. The molecule has 0 atom stereocenters. The molecule has 2 aromatic rings. The Kier molecular flexibility index (Phi) is 3.07. The van der Waals surface area contributed by atoms with Gasteiger partial charge in [-0.2, -0.15) is 0 Å². The summed E-state index contributed by atoms with van der Waals surface area (Å²) >= 11 is 0. The molecule has 0 bridgehead atoms. The van der Waals surface area contributed by atoms with Crippen LogP contribution in [0.2, 0.25) is 0 Å². The number of fused-ring (bicyclic) bond motifs is 1. The Bertz CT molecular complexity index is 588. The molecule has 1 amide bonds. The van der Waals surface area contributed by atoms with Gasteiger partial charge in [0.15, 0.2) is 0 Å². The highest BCUT2D eigenvalue weighted by atomic mass is 19.1. The van der Waals surface area contributed by atoms with E-state index in [1.807, 2.05) is 17.2 Å². The van der Waals surface area contributed by atoms with Crippen LogP contribution in [-0.4, -0.2) is 22.3 Å². The highest BCUT2D eigenvalue weighted by Crippen LogP contribution is 2.18. The fraction of sp³-hybridized carbons (Fsp3) is 0.267. The van der Waals surface area contributed by atoms with Crippen LogP contribution in [0.15, 0.2) is 36.5 Å². The maximum Gasteiger partial charge on any atom is 0.227 e. The fourth-order valence-electron chi connectivity index (χ4n) is 2.45. The number of aromatic nitrogens is 1. The molecule has 4 heteroatoms. The standard InChI is InChI=1S/C15H15FN2O/c16-13-3-1-11(2-4-13)9-15(19)18-8-6-14-12(10-18)5-7-17-14/h1-5,7,17H,6,8-10H2. The number of carbonyl (C=O) groups excluding carboxylic acids is 1. The summed E-state index contributed by atoms with van der Waals surface area (Å²) in [6.45, 7) is 1.41. The maximum absolute atomic E-state index is 12.8. The van der Waals surface area contributed by atoms with Crippen LogP contribution in [0.5, 0.6) is 0 Å². The molecule has 1 aromatic heterocycles. The molecule has 1 aliphatic heterocycles. The summed E-state index contributed by atoms with van der Waals surface area (Å²) < 4.78 is 12.8. The van der Waals surface area contributed by atoms with Gasteiger partial charge in [-0.15, -0.1) is 0 Å². The predicted molar refractivity (Wildman–Crippen MR) is 70.0 cm³/mol. The van der Waals surface area contributed by atoms with Crippen molar-refractivity contribution in [3.8, 4) is 0 Å². The summed E-state index contributed by atoms with van der Waals surface area (Å²) in [6, 6.07) is 8.14. The minimum Gasteiger partial charge on any atom is -0.365 e. The molecule has 19 heavy (non-hydrogen) atoms. The molecule has 1 aliphatic rings. The molecular weight excluding hydrogens is 243 g/mol. The summed E-state index contributed by atoms with van der Waals surface area (Å²) in [5.74, 6) is -0.176. The van der Waals surface area contributed by atoms with E-state index >= 15 is 0 Å².